The lowest BCUT2D eigenvalue weighted by Gasteiger charge is -2.25. The largest absolute Gasteiger partial charge is 0.0656 e. The highest BCUT2D eigenvalue weighted by molar-refractivity contribution is 5.36. The third kappa shape index (κ3) is 5.71. The number of aryl methyl sites for hydroxylation is 1. The molecular formula is C18H32. The van der Waals surface area contributed by atoms with E-state index in [-0.39, 0.29) is 10.8 Å². The van der Waals surface area contributed by atoms with Gasteiger partial charge in [0.15, 0.2) is 0 Å². The van der Waals surface area contributed by atoms with Gasteiger partial charge in [-0.05, 0) is 28.9 Å². The Balaban J connectivity index is 0.000000873. The van der Waals surface area contributed by atoms with Gasteiger partial charge in [-0.15, -0.1) is 0 Å². The molecule has 0 heterocycles. The van der Waals surface area contributed by atoms with Crippen molar-refractivity contribution in [3.63, 3.8) is 0 Å². The van der Waals surface area contributed by atoms with Gasteiger partial charge < -0.3 is 0 Å². The van der Waals surface area contributed by atoms with Gasteiger partial charge in [-0.25, -0.2) is 0 Å². The first-order valence-corrected chi connectivity index (χ1v) is 7.15. The van der Waals surface area contributed by atoms with E-state index in [4.69, 9.17) is 0 Å². The summed E-state index contributed by atoms with van der Waals surface area (Å²) in [5.41, 5.74) is 4.73. The molecule has 0 N–H and O–H groups in total. The maximum absolute atomic E-state index is 2.35. The van der Waals surface area contributed by atoms with E-state index >= 15 is 0 Å². The molecular weight excluding hydrogens is 216 g/mol. The van der Waals surface area contributed by atoms with Crippen molar-refractivity contribution in [2.24, 2.45) is 0 Å². The summed E-state index contributed by atoms with van der Waals surface area (Å²) in [4.78, 5) is 0. The van der Waals surface area contributed by atoms with Crippen molar-refractivity contribution < 1.29 is 0 Å². The molecule has 0 heteroatoms. The van der Waals surface area contributed by atoms with Crippen molar-refractivity contribution in [3.8, 4) is 0 Å². The third-order valence-electron chi connectivity index (χ3n) is 2.81. The summed E-state index contributed by atoms with van der Waals surface area (Å²) in [6, 6.07) is 6.96. The van der Waals surface area contributed by atoms with E-state index < -0.39 is 0 Å². The molecule has 0 saturated heterocycles. The van der Waals surface area contributed by atoms with Crippen LogP contribution in [-0.4, -0.2) is 0 Å². The normalized spacial score (nSPS) is 11.8. The second kappa shape index (κ2) is 6.41. The average Bonchev–Trinajstić information content (AvgIpc) is 2.15. The lowest BCUT2D eigenvalue weighted by Crippen LogP contribution is -2.16. The van der Waals surface area contributed by atoms with Gasteiger partial charge in [0.25, 0.3) is 0 Å². The van der Waals surface area contributed by atoms with E-state index in [0.717, 1.165) is 0 Å². The van der Waals surface area contributed by atoms with Crippen LogP contribution >= 0.6 is 0 Å². The topological polar surface area (TPSA) is 0 Å². The third-order valence-corrected chi connectivity index (χ3v) is 2.81. The molecule has 18 heavy (non-hydrogen) atoms. The summed E-state index contributed by atoms with van der Waals surface area (Å²) in [6.07, 6.45) is 1.25. The number of rotatable bonds is 0. The van der Waals surface area contributed by atoms with Crippen molar-refractivity contribution in [1.82, 2.24) is 0 Å². The summed E-state index contributed by atoms with van der Waals surface area (Å²) >= 11 is 0. The highest BCUT2D eigenvalue weighted by atomic mass is 14.2. The maximum atomic E-state index is 2.35. The minimum atomic E-state index is 0.242. The fourth-order valence-electron chi connectivity index (χ4n) is 1.65. The molecule has 1 aromatic rings. The van der Waals surface area contributed by atoms with Crippen LogP contribution in [0.5, 0.6) is 0 Å². The Morgan fingerprint density at radius 2 is 1.00 bits per heavy atom. The number of hydrogen-bond donors (Lipinski definition) is 0. The molecule has 0 radical (unpaired) electrons. The second-order valence-electron chi connectivity index (χ2n) is 7.29. The van der Waals surface area contributed by atoms with Crippen LogP contribution in [0.1, 0.15) is 78.5 Å². The molecule has 0 unspecified atom stereocenters. The van der Waals surface area contributed by atoms with Crippen molar-refractivity contribution >= 4 is 0 Å². The summed E-state index contributed by atoms with van der Waals surface area (Å²) in [7, 11) is 0. The second-order valence-corrected chi connectivity index (χ2v) is 7.29. The highest BCUT2D eigenvalue weighted by Gasteiger charge is 2.19. The van der Waals surface area contributed by atoms with Gasteiger partial charge in [0.05, 0.1) is 0 Å². The molecule has 0 nitrogen and oxygen atoms in total. The zero-order chi connectivity index (χ0) is 14.6. The Morgan fingerprint density at radius 3 is 1.22 bits per heavy atom. The van der Waals surface area contributed by atoms with Crippen LogP contribution in [0.2, 0.25) is 0 Å². The lowest BCUT2D eigenvalue weighted by molar-refractivity contribution is 0.567. The van der Waals surface area contributed by atoms with Crippen molar-refractivity contribution in [1.29, 1.82) is 0 Å². The van der Waals surface area contributed by atoms with Gasteiger partial charge in [-0.3, -0.25) is 0 Å². The SMILES string of the molecule is CCC.Cc1cc(C(C)(C)C)cc(C(C)(C)C)c1. The monoisotopic (exact) mass is 248 g/mol. The predicted octanol–water partition coefficient (Wildman–Crippen LogP) is 6.01. The zero-order valence-electron chi connectivity index (χ0n) is 13.9. The van der Waals surface area contributed by atoms with Crippen LogP contribution in [-0.2, 0) is 10.8 Å². The Labute approximate surface area is 115 Å². The standard InChI is InChI=1S/C15H24.C3H8/c1-11-8-12(14(2,3)4)10-13(9-11)15(5,6)7;1-3-2/h8-10H,1-7H3;3H2,1-2H3. The Morgan fingerprint density at radius 1 is 0.722 bits per heavy atom. The van der Waals surface area contributed by atoms with Gasteiger partial charge in [-0.2, -0.15) is 0 Å². The summed E-state index contributed by atoms with van der Waals surface area (Å²) in [5, 5.41) is 0. The molecule has 0 aliphatic heterocycles. The predicted molar refractivity (Wildman–Crippen MR) is 84.5 cm³/mol. The quantitative estimate of drug-likeness (QED) is 0.527. The van der Waals surface area contributed by atoms with E-state index in [2.05, 4.69) is 80.5 Å². The molecule has 0 saturated carbocycles. The van der Waals surface area contributed by atoms with Crippen LogP contribution in [0.4, 0.5) is 0 Å². The van der Waals surface area contributed by atoms with Crippen LogP contribution in [0.15, 0.2) is 18.2 Å². The van der Waals surface area contributed by atoms with Crippen LogP contribution < -0.4 is 0 Å². The first-order chi connectivity index (χ1) is 8.02. The molecule has 0 spiro atoms. The Kier molecular flexibility index (Phi) is 6.13. The van der Waals surface area contributed by atoms with E-state index in [1.807, 2.05) is 0 Å². The van der Waals surface area contributed by atoms with Gasteiger partial charge >= 0.3 is 0 Å². The minimum absolute atomic E-state index is 0.242. The number of hydrogen-bond acceptors (Lipinski definition) is 0. The van der Waals surface area contributed by atoms with Crippen LogP contribution in [0.25, 0.3) is 0 Å². The fourth-order valence-corrected chi connectivity index (χ4v) is 1.65. The van der Waals surface area contributed by atoms with Crippen LogP contribution in [0, 0.1) is 6.92 Å². The van der Waals surface area contributed by atoms with Gasteiger partial charge in [0, 0.05) is 0 Å². The van der Waals surface area contributed by atoms with Crippen molar-refractivity contribution in [3.05, 3.63) is 34.9 Å². The maximum Gasteiger partial charge on any atom is -0.0132 e. The van der Waals surface area contributed by atoms with Gasteiger partial charge in [0.2, 0.25) is 0 Å². The molecule has 0 aliphatic rings. The first-order valence-electron chi connectivity index (χ1n) is 7.15. The molecule has 0 aliphatic carbocycles. The average molecular weight is 248 g/mol. The Hall–Kier alpha value is -0.780. The molecule has 0 aromatic heterocycles. The van der Waals surface area contributed by atoms with Crippen LogP contribution in [0.3, 0.4) is 0 Å². The van der Waals surface area contributed by atoms with E-state index in [1.165, 1.54) is 23.1 Å². The van der Waals surface area contributed by atoms with Gasteiger partial charge in [0.1, 0.15) is 0 Å². The molecule has 104 valence electrons. The molecule has 0 atom stereocenters. The summed E-state index contributed by atoms with van der Waals surface area (Å²) in [6.45, 7) is 20.1. The molecule has 0 amide bonds. The van der Waals surface area contributed by atoms with Gasteiger partial charge in [-0.1, -0.05) is 85.6 Å². The fraction of sp³-hybridized carbons (Fsp3) is 0.667. The number of benzene rings is 1. The minimum Gasteiger partial charge on any atom is -0.0656 e. The molecule has 1 aromatic carbocycles. The van der Waals surface area contributed by atoms with E-state index in [0.29, 0.717) is 0 Å². The highest BCUT2D eigenvalue weighted by Crippen LogP contribution is 2.29. The molecule has 1 rings (SSSR count). The van der Waals surface area contributed by atoms with Crippen molar-refractivity contribution in [2.45, 2.75) is 79.6 Å². The first kappa shape index (κ1) is 17.2. The van der Waals surface area contributed by atoms with E-state index in [9.17, 15) is 0 Å². The zero-order valence-corrected chi connectivity index (χ0v) is 13.9. The smallest absolute Gasteiger partial charge is 0.0132 e. The summed E-state index contributed by atoms with van der Waals surface area (Å²) in [5.74, 6) is 0. The van der Waals surface area contributed by atoms with Crippen molar-refractivity contribution in [2.75, 3.05) is 0 Å². The lowest BCUT2D eigenvalue weighted by atomic mass is 9.80. The summed E-state index contributed by atoms with van der Waals surface area (Å²) < 4.78 is 0. The van der Waals surface area contributed by atoms with E-state index in [1.54, 1.807) is 0 Å². The molecule has 0 fully saturated rings. The molecule has 0 bridgehead atoms. The Bertz CT molecular complexity index is 326.